The Labute approximate surface area is 246 Å². The zero-order valence-electron chi connectivity index (χ0n) is 24.0. The van der Waals surface area contributed by atoms with Crippen LogP contribution in [0.25, 0.3) is 6.08 Å². The molecule has 4 aliphatic rings. The second kappa shape index (κ2) is 11.9. The maximum atomic E-state index is 6.24. The summed E-state index contributed by atoms with van der Waals surface area (Å²) in [4.78, 5) is 2.79. The van der Waals surface area contributed by atoms with Gasteiger partial charge < -0.3 is 9.64 Å². The lowest BCUT2D eigenvalue weighted by atomic mass is 9.54. The van der Waals surface area contributed by atoms with Gasteiger partial charge >= 0.3 is 0 Å². The highest BCUT2D eigenvalue weighted by Crippen LogP contribution is 2.56. The topological polar surface area (TPSA) is 12.5 Å². The van der Waals surface area contributed by atoms with Crippen molar-refractivity contribution >= 4 is 35.6 Å². The van der Waals surface area contributed by atoms with Gasteiger partial charge in [-0.25, -0.2) is 0 Å². The van der Waals surface area contributed by atoms with Crippen LogP contribution in [0.3, 0.4) is 0 Å². The number of benzene rings is 4. The zero-order chi connectivity index (χ0) is 27.6. The van der Waals surface area contributed by atoms with E-state index in [2.05, 4.69) is 126 Å². The van der Waals surface area contributed by atoms with Crippen molar-refractivity contribution < 1.29 is 4.74 Å². The standard InChI is InChI=1S/C38H40NOP/c1-40-35-20-11-21-36(41(33-16-7-3-8-17-33)34-18-9-4-10-19-34)38(35)39(22-12-15-28-13-5-2-6-14-28)37-31-24-29-23-30(26-31)27-32(37)25-29/h2-21,29-32,37H,22-27H2,1H3/b15-12+. The van der Waals surface area contributed by atoms with Crippen molar-refractivity contribution in [1.82, 2.24) is 0 Å². The highest BCUT2D eigenvalue weighted by atomic mass is 31.1. The lowest BCUT2D eigenvalue weighted by molar-refractivity contribution is -0.00219. The molecule has 0 aliphatic heterocycles. The number of anilines is 1. The summed E-state index contributed by atoms with van der Waals surface area (Å²) in [5.74, 6) is 4.43. The van der Waals surface area contributed by atoms with E-state index in [1.807, 2.05) is 7.11 Å². The molecule has 0 amide bonds. The van der Waals surface area contributed by atoms with Gasteiger partial charge in [0.15, 0.2) is 0 Å². The lowest BCUT2D eigenvalue weighted by Gasteiger charge is -2.58. The molecule has 41 heavy (non-hydrogen) atoms. The Morgan fingerprint density at radius 3 is 1.80 bits per heavy atom. The van der Waals surface area contributed by atoms with Crippen molar-refractivity contribution in [2.24, 2.45) is 23.7 Å². The molecular weight excluding hydrogens is 517 g/mol. The third kappa shape index (κ3) is 5.35. The number of methoxy groups -OCH3 is 1. The van der Waals surface area contributed by atoms with Crippen molar-refractivity contribution in [2.45, 2.75) is 38.1 Å². The molecule has 0 radical (unpaired) electrons. The molecule has 4 aromatic carbocycles. The fraction of sp³-hybridized carbons (Fsp3) is 0.316. The van der Waals surface area contributed by atoms with Gasteiger partial charge in [0, 0.05) is 17.9 Å². The van der Waals surface area contributed by atoms with Crippen LogP contribution < -0.4 is 25.6 Å². The summed E-state index contributed by atoms with van der Waals surface area (Å²) in [6, 6.07) is 40.3. The molecule has 0 heterocycles. The van der Waals surface area contributed by atoms with E-state index in [-0.39, 0.29) is 0 Å². The Morgan fingerprint density at radius 2 is 1.24 bits per heavy atom. The van der Waals surface area contributed by atoms with Crippen molar-refractivity contribution in [3.63, 3.8) is 0 Å². The predicted octanol–water partition coefficient (Wildman–Crippen LogP) is 7.80. The van der Waals surface area contributed by atoms with Crippen LogP contribution in [0.2, 0.25) is 0 Å². The summed E-state index contributed by atoms with van der Waals surface area (Å²) in [6.45, 7) is 0.891. The van der Waals surface area contributed by atoms with Crippen LogP contribution in [0.15, 0.2) is 115 Å². The van der Waals surface area contributed by atoms with Crippen LogP contribution in [0, 0.1) is 23.7 Å². The highest BCUT2D eigenvalue weighted by molar-refractivity contribution is 7.80. The molecule has 4 bridgehead atoms. The fourth-order valence-electron chi connectivity index (χ4n) is 8.36. The quantitative estimate of drug-likeness (QED) is 0.195. The van der Waals surface area contributed by atoms with Gasteiger partial charge in [0.1, 0.15) is 5.75 Å². The van der Waals surface area contributed by atoms with Crippen molar-refractivity contribution in [2.75, 3.05) is 18.6 Å². The minimum atomic E-state index is -0.762. The first kappa shape index (κ1) is 26.5. The normalized spacial score (nSPS) is 24.7. The molecule has 2 nitrogen and oxygen atoms in total. The first-order chi connectivity index (χ1) is 20.3. The second-order valence-electron chi connectivity index (χ2n) is 12.2. The number of hydrogen-bond acceptors (Lipinski definition) is 2. The summed E-state index contributed by atoms with van der Waals surface area (Å²) >= 11 is 0. The van der Waals surface area contributed by atoms with E-state index in [0.29, 0.717) is 6.04 Å². The molecular formula is C38H40NOP. The van der Waals surface area contributed by atoms with E-state index in [0.717, 1.165) is 36.0 Å². The molecule has 0 aromatic heterocycles. The minimum Gasteiger partial charge on any atom is -0.495 e. The zero-order valence-corrected chi connectivity index (χ0v) is 24.9. The van der Waals surface area contributed by atoms with Gasteiger partial charge in [0.05, 0.1) is 12.8 Å². The van der Waals surface area contributed by atoms with E-state index in [4.69, 9.17) is 4.74 Å². The maximum absolute atomic E-state index is 6.24. The number of rotatable bonds is 9. The Hall–Kier alpha value is -3.35. The van der Waals surface area contributed by atoms with Crippen LogP contribution in [-0.4, -0.2) is 19.7 Å². The number of para-hydroxylation sites is 1. The molecule has 3 heteroatoms. The van der Waals surface area contributed by atoms with Crippen molar-refractivity contribution in [3.05, 3.63) is 121 Å². The molecule has 0 N–H and O–H groups in total. The summed E-state index contributed by atoms with van der Waals surface area (Å²) < 4.78 is 6.24. The largest absolute Gasteiger partial charge is 0.495 e. The van der Waals surface area contributed by atoms with Crippen LogP contribution in [0.5, 0.6) is 5.75 Å². The van der Waals surface area contributed by atoms with E-state index >= 15 is 0 Å². The van der Waals surface area contributed by atoms with Gasteiger partial charge in [0.25, 0.3) is 0 Å². The molecule has 4 aromatic rings. The molecule has 0 spiro atoms. The monoisotopic (exact) mass is 557 g/mol. The van der Waals surface area contributed by atoms with E-state index < -0.39 is 7.92 Å². The average Bonchev–Trinajstić information content (AvgIpc) is 3.01. The maximum Gasteiger partial charge on any atom is 0.142 e. The molecule has 4 aliphatic carbocycles. The second-order valence-corrected chi connectivity index (χ2v) is 14.4. The SMILES string of the molecule is COc1cccc(P(c2ccccc2)c2ccccc2)c1N(C/C=C/c1ccccc1)C1C2CC3CC(C2)CC1C3. The molecule has 0 atom stereocenters. The van der Waals surface area contributed by atoms with Crippen molar-refractivity contribution in [1.29, 1.82) is 0 Å². The third-order valence-electron chi connectivity index (χ3n) is 9.70. The number of ether oxygens (including phenoxy) is 1. The molecule has 4 saturated carbocycles. The molecule has 0 saturated heterocycles. The summed E-state index contributed by atoms with van der Waals surface area (Å²) in [6.07, 6.45) is 11.8. The molecule has 4 fully saturated rings. The first-order valence-electron chi connectivity index (χ1n) is 15.3. The first-order valence-corrected chi connectivity index (χ1v) is 16.7. The Balaban J connectivity index is 1.37. The lowest BCUT2D eigenvalue weighted by Crippen LogP contribution is -2.57. The van der Waals surface area contributed by atoms with Gasteiger partial charge in [-0.05, 0) is 85.9 Å². The number of hydrogen-bond donors (Lipinski definition) is 0. The average molecular weight is 558 g/mol. The highest BCUT2D eigenvalue weighted by Gasteiger charge is 2.50. The van der Waals surface area contributed by atoms with E-state index in [9.17, 15) is 0 Å². The van der Waals surface area contributed by atoms with Gasteiger partial charge in [-0.15, -0.1) is 0 Å². The van der Waals surface area contributed by atoms with Crippen LogP contribution in [-0.2, 0) is 0 Å². The van der Waals surface area contributed by atoms with Gasteiger partial charge in [-0.3, -0.25) is 0 Å². The fourth-order valence-corrected chi connectivity index (χ4v) is 10.8. The predicted molar refractivity (Wildman–Crippen MR) is 175 cm³/mol. The van der Waals surface area contributed by atoms with Crippen LogP contribution >= 0.6 is 7.92 Å². The summed E-state index contributed by atoms with van der Waals surface area (Å²) in [5, 5.41) is 4.17. The van der Waals surface area contributed by atoms with E-state index in [1.165, 1.54) is 59.3 Å². The molecule has 0 unspecified atom stereocenters. The molecule has 8 rings (SSSR count). The summed E-state index contributed by atoms with van der Waals surface area (Å²) in [5.41, 5.74) is 2.57. The van der Waals surface area contributed by atoms with Crippen LogP contribution in [0.1, 0.15) is 37.7 Å². The Morgan fingerprint density at radius 1 is 0.683 bits per heavy atom. The Bertz CT molecular complexity index is 1400. The van der Waals surface area contributed by atoms with Gasteiger partial charge in [-0.2, -0.15) is 0 Å². The minimum absolute atomic E-state index is 0.557. The van der Waals surface area contributed by atoms with Gasteiger partial charge in [0.2, 0.25) is 0 Å². The van der Waals surface area contributed by atoms with Gasteiger partial charge in [-0.1, -0.05) is 115 Å². The smallest absolute Gasteiger partial charge is 0.142 e. The van der Waals surface area contributed by atoms with Crippen molar-refractivity contribution in [3.8, 4) is 5.75 Å². The van der Waals surface area contributed by atoms with Crippen LogP contribution in [0.4, 0.5) is 5.69 Å². The Kier molecular flexibility index (Phi) is 7.68. The number of nitrogens with zero attached hydrogens (tertiary/aromatic N) is 1. The van der Waals surface area contributed by atoms with E-state index in [1.54, 1.807) is 0 Å². The third-order valence-corrected chi connectivity index (χ3v) is 12.2. The molecule has 208 valence electrons. The summed E-state index contributed by atoms with van der Waals surface area (Å²) in [7, 11) is 1.09.